The monoisotopic (exact) mass is 235 g/mol. The van der Waals surface area contributed by atoms with E-state index in [9.17, 15) is 4.79 Å². The molecule has 0 spiro atoms. The molecule has 5 nitrogen and oxygen atoms in total. The molecule has 3 N–H and O–H groups in total. The van der Waals surface area contributed by atoms with Gasteiger partial charge in [0.05, 0.1) is 5.56 Å². The lowest BCUT2D eigenvalue weighted by atomic mass is 9.91. The van der Waals surface area contributed by atoms with Crippen LogP contribution >= 0.6 is 0 Å². The SMILES string of the molecule is CC1(N)CCN(c2ccc(C(=O)O)cn2)CC1. The van der Waals surface area contributed by atoms with Crippen molar-refractivity contribution >= 4 is 11.8 Å². The number of nitrogens with zero attached hydrogens (tertiary/aromatic N) is 2. The summed E-state index contributed by atoms with van der Waals surface area (Å²) in [4.78, 5) is 17.0. The number of aromatic carboxylic acids is 1. The molecule has 1 fully saturated rings. The number of carbonyl (C=O) groups is 1. The van der Waals surface area contributed by atoms with Crippen LogP contribution in [0.4, 0.5) is 5.82 Å². The minimum atomic E-state index is -0.947. The van der Waals surface area contributed by atoms with E-state index in [1.165, 1.54) is 6.20 Å². The molecular weight excluding hydrogens is 218 g/mol. The van der Waals surface area contributed by atoms with Gasteiger partial charge >= 0.3 is 5.97 Å². The maximum absolute atomic E-state index is 10.7. The van der Waals surface area contributed by atoms with Crippen LogP contribution in [0.5, 0.6) is 0 Å². The van der Waals surface area contributed by atoms with Crippen molar-refractivity contribution in [1.29, 1.82) is 0 Å². The highest BCUT2D eigenvalue weighted by Gasteiger charge is 2.26. The summed E-state index contributed by atoms with van der Waals surface area (Å²) in [6.45, 7) is 3.80. The molecule has 0 atom stereocenters. The summed E-state index contributed by atoms with van der Waals surface area (Å²) in [6, 6.07) is 3.34. The summed E-state index contributed by atoms with van der Waals surface area (Å²) in [7, 11) is 0. The zero-order chi connectivity index (χ0) is 12.5. The predicted octanol–water partition coefficient (Wildman–Crippen LogP) is 1.10. The number of anilines is 1. The lowest BCUT2D eigenvalue weighted by Gasteiger charge is -2.37. The largest absolute Gasteiger partial charge is 0.478 e. The lowest BCUT2D eigenvalue weighted by molar-refractivity contribution is 0.0696. The van der Waals surface area contributed by atoms with E-state index < -0.39 is 5.97 Å². The fourth-order valence-electron chi connectivity index (χ4n) is 1.95. The quantitative estimate of drug-likeness (QED) is 0.802. The summed E-state index contributed by atoms with van der Waals surface area (Å²) in [5.74, 6) is -0.122. The number of piperidine rings is 1. The smallest absolute Gasteiger partial charge is 0.337 e. The Bertz CT molecular complexity index is 404. The van der Waals surface area contributed by atoms with E-state index in [-0.39, 0.29) is 11.1 Å². The molecule has 0 aliphatic carbocycles. The van der Waals surface area contributed by atoms with E-state index in [0.717, 1.165) is 31.7 Å². The van der Waals surface area contributed by atoms with Gasteiger partial charge in [-0.3, -0.25) is 0 Å². The van der Waals surface area contributed by atoms with E-state index in [4.69, 9.17) is 10.8 Å². The fraction of sp³-hybridized carbons (Fsp3) is 0.500. The van der Waals surface area contributed by atoms with Crippen molar-refractivity contribution in [2.75, 3.05) is 18.0 Å². The molecule has 1 aromatic heterocycles. The summed E-state index contributed by atoms with van der Waals surface area (Å²) in [5.41, 5.74) is 6.19. The standard InChI is InChI=1S/C12H17N3O2/c1-12(13)4-6-15(7-5-12)10-3-2-9(8-14-10)11(16)17/h2-3,8H,4-7,13H2,1H3,(H,16,17). The number of nitrogens with two attached hydrogens (primary N) is 1. The van der Waals surface area contributed by atoms with Crippen molar-refractivity contribution in [3.05, 3.63) is 23.9 Å². The first-order valence-corrected chi connectivity index (χ1v) is 5.71. The van der Waals surface area contributed by atoms with Crippen molar-refractivity contribution in [2.45, 2.75) is 25.3 Å². The van der Waals surface area contributed by atoms with E-state index in [1.807, 2.05) is 0 Å². The van der Waals surface area contributed by atoms with Crippen molar-refractivity contribution < 1.29 is 9.90 Å². The average Bonchev–Trinajstić information content (AvgIpc) is 2.29. The zero-order valence-electron chi connectivity index (χ0n) is 9.89. The third-order valence-electron chi connectivity index (χ3n) is 3.22. The van der Waals surface area contributed by atoms with Crippen LogP contribution in [0.15, 0.2) is 18.3 Å². The van der Waals surface area contributed by atoms with Crippen LogP contribution in [0.25, 0.3) is 0 Å². The average molecular weight is 235 g/mol. The van der Waals surface area contributed by atoms with Gasteiger partial charge in [-0.25, -0.2) is 9.78 Å². The molecule has 1 aromatic rings. The van der Waals surface area contributed by atoms with E-state index in [0.29, 0.717) is 0 Å². The Kier molecular flexibility index (Phi) is 3.02. The van der Waals surface area contributed by atoms with Crippen LogP contribution in [0.2, 0.25) is 0 Å². The highest BCUT2D eigenvalue weighted by Crippen LogP contribution is 2.22. The Balaban J connectivity index is 2.06. The van der Waals surface area contributed by atoms with Crippen LogP contribution in [-0.4, -0.2) is 34.7 Å². The molecule has 1 saturated heterocycles. The fourth-order valence-corrected chi connectivity index (χ4v) is 1.95. The first-order chi connectivity index (χ1) is 7.98. The third-order valence-corrected chi connectivity index (χ3v) is 3.22. The molecule has 2 rings (SSSR count). The molecule has 0 amide bonds. The van der Waals surface area contributed by atoms with Gasteiger partial charge in [-0.2, -0.15) is 0 Å². The van der Waals surface area contributed by atoms with Crippen molar-refractivity contribution in [1.82, 2.24) is 4.98 Å². The zero-order valence-corrected chi connectivity index (χ0v) is 9.89. The Labute approximate surface area is 100 Å². The highest BCUT2D eigenvalue weighted by molar-refractivity contribution is 5.87. The van der Waals surface area contributed by atoms with Gasteiger partial charge in [-0.1, -0.05) is 0 Å². The molecule has 92 valence electrons. The summed E-state index contributed by atoms with van der Waals surface area (Å²) < 4.78 is 0. The first-order valence-electron chi connectivity index (χ1n) is 5.71. The molecule has 1 aliphatic heterocycles. The van der Waals surface area contributed by atoms with Gasteiger partial charge in [0.25, 0.3) is 0 Å². The number of hydrogen-bond donors (Lipinski definition) is 2. The summed E-state index contributed by atoms with van der Waals surface area (Å²) in [5, 5.41) is 8.78. The molecule has 0 saturated carbocycles. The van der Waals surface area contributed by atoms with E-state index in [2.05, 4.69) is 16.8 Å². The Hall–Kier alpha value is -1.62. The molecule has 0 aromatic carbocycles. The molecule has 0 bridgehead atoms. The number of pyridine rings is 1. The van der Waals surface area contributed by atoms with Gasteiger partial charge in [0, 0.05) is 24.8 Å². The minimum Gasteiger partial charge on any atom is -0.478 e. The highest BCUT2D eigenvalue weighted by atomic mass is 16.4. The van der Waals surface area contributed by atoms with Gasteiger partial charge in [0.15, 0.2) is 0 Å². The molecule has 17 heavy (non-hydrogen) atoms. The number of hydrogen-bond acceptors (Lipinski definition) is 4. The van der Waals surface area contributed by atoms with Crippen LogP contribution in [-0.2, 0) is 0 Å². The van der Waals surface area contributed by atoms with Crippen LogP contribution in [0.1, 0.15) is 30.1 Å². The minimum absolute atomic E-state index is 0.0858. The predicted molar refractivity (Wildman–Crippen MR) is 65.2 cm³/mol. The van der Waals surface area contributed by atoms with E-state index in [1.54, 1.807) is 12.1 Å². The maximum atomic E-state index is 10.7. The Morgan fingerprint density at radius 3 is 2.59 bits per heavy atom. The lowest BCUT2D eigenvalue weighted by Crippen LogP contribution is -2.48. The number of rotatable bonds is 2. The van der Waals surface area contributed by atoms with Gasteiger partial charge in [-0.15, -0.1) is 0 Å². The number of carboxylic acids is 1. The molecule has 0 radical (unpaired) electrons. The molecular formula is C12H17N3O2. The molecule has 0 unspecified atom stereocenters. The van der Waals surface area contributed by atoms with Crippen molar-refractivity contribution in [3.8, 4) is 0 Å². The second-order valence-corrected chi connectivity index (χ2v) is 4.85. The first kappa shape index (κ1) is 11.9. The summed E-state index contributed by atoms with van der Waals surface area (Å²) >= 11 is 0. The second kappa shape index (κ2) is 4.33. The van der Waals surface area contributed by atoms with Crippen LogP contribution < -0.4 is 10.6 Å². The van der Waals surface area contributed by atoms with E-state index >= 15 is 0 Å². The van der Waals surface area contributed by atoms with Gasteiger partial charge in [0.2, 0.25) is 0 Å². The van der Waals surface area contributed by atoms with Crippen LogP contribution in [0, 0.1) is 0 Å². The third kappa shape index (κ3) is 2.74. The normalized spacial score (nSPS) is 19.1. The topological polar surface area (TPSA) is 79.5 Å². The number of aromatic nitrogens is 1. The molecule has 1 aliphatic rings. The van der Waals surface area contributed by atoms with Gasteiger partial charge in [-0.05, 0) is 31.9 Å². The van der Waals surface area contributed by atoms with Gasteiger partial charge in [0.1, 0.15) is 5.82 Å². The Morgan fingerprint density at radius 2 is 2.12 bits per heavy atom. The van der Waals surface area contributed by atoms with Crippen molar-refractivity contribution in [2.24, 2.45) is 5.73 Å². The van der Waals surface area contributed by atoms with Gasteiger partial charge < -0.3 is 15.7 Å². The maximum Gasteiger partial charge on any atom is 0.337 e. The molecule has 2 heterocycles. The second-order valence-electron chi connectivity index (χ2n) is 4.85. The molecule has 5 heteroatoms. The summed E-state index contributed by atoms with van der Waals surface area (Å²) in [6.07, 6.45) is 3.25. The number of carboxylic acid groups (broad SMARTS) is 1. The Morgan fingerprint density at radius 1 is 1.47 bits per heavy atom. The van der Waals surface area contributed by atoms with Crippen molar-refractivity contribution in [3.63, 3.8) is 0 Å². The van der Waals surface area contributed by atoms with Crippen LogP contribution in [0.3, 0.4) is 0 Å².